The van der Waals surface area contributed by atoms with Crippen molar-refractivity contribution in [3.8, 4) is 16.8 Å². The number of benzene rings is 2. The Morgan fingerprint density at radius 1 is 0.893 bits per heavy atom. The Bertz CT molecular complexity index is 1120. The average molecular weight is 369 g/mol. The van der Waals surface area contributed by atoms with Gasteiger partial charge >= 0.3 is 0 Å². The Kier molecular flexibility index (Phi) is 4.68. The fourth-order valence-corrected chi connectivity index (χ4v) is 3.01. The number of hydrogen-bond acceptors (Lipinski definition) is 4. The van der Waals surface area contributed by atoms with Crippen LogP contribution < -0.4 is 5.32 Å². The van der Waals surface area contributed by atoms with Crippen LogP contribution in [0.2, 0.25) is 0 Å². The molecular weight excluding hydrogens is 350 g/mol. The van der Waals surface area contributed by atoms with Crippen LogP contribution in [-0.2, 0) is 0 Å². The minimum Gasteiger partial charge on any atom is -0.305 e. The molecule has 6 nitrogen and oxygen atoms in total. The third-order valence-corrected chi connectivity index (χ3v) is 4.57. The van der Waals surface area contributed by atoms with Gasteiger partial charge in [0, 0.05) is 11.8 Å². The third kappa shape index (κ3) is 3.40. The maximum absolute atomic E-state index is 12.7. The molecule has 2 aromatic heterocycles. The topological polar surface area (TPSA) is 72.7 Å². The van der Waals surface area contributed by atoms with Gasteiger partial charge in [-0.1, -0.05) is 53.7 Å². The monoisotopic (exact) mass is 369 g/mol. The number of aryl methyl sites for hydroxylation is 1. The maximum atomic E-state index is 12.7. The molecule has 0 unspecified atom stereocenters. The molecule has 0 radical (unpaired) electrons. The first-order chi connectivity index (χ1) is 13.6. The molecule has 0 atom stereocenters. The zero-order chi connectivity index (χ0) is 19.5. The van der Waals surface area contributed by atoms with E-state index in [0.29, 0.717) is 11.5 Å². The summed E-state index contributed by atoms with van der Waals surface area (Å²) in [4.78, 5) is 17.0. The molecule has 1 N–H and O–H groups in total. The van der Waals surface area contributed by atoms with Gasteiger partial charge in [0.05, 0.1) is 11.4 Å². The number of nitrogens with one attached hydrogen (secondary N) is 1. The van der Waals surface area contributed by atoms with Gasteiger partial charge in [0.25, 0.3) is 5.91 Å². The van der Waals surface area contributed by atoms with Gasteiger partial charge in [-0.2, -0.15) is 0 Å². The summed E-state index contributed by atoms with van der Waals surface area (Å²) in [6.07, 6.45) is 1.74. The van der Waals surface area contributed by atoms with Gasteiger partial charge < -0.3 is 5.32 Å². The second kappa shape index (κ2) is 7.44. The predicted octanol–water partition coefficient (Wildman–Crippen LogP) is 4.20. The number of pyridine rings is 1. The summed E-state index contributed by atoms with van der Waals surface area (Å²) < 4.78 is 1.68. The molecule has 0 bridgehead atoms. The lowest BCUT2D eigenvalue weighted by atomic mass is 10.1. The van der Waals surface area contributed by atoms with E-state index in [-0.39, 0.29) is 11.6 Å². The van der Waals surface area contributed by atoms with Gasteiger partial charge in [-0.15, -0.1) is 5.10 Å². The van der Waals surface area contributed by atoms with Crippen LogP contribution in [0.4, 0.5) is 5.82 Å². The van der Waals surface area contributed by atoms with E-state index in [9.17, 15) is 4.79 Å². The van der Waals surface area contributed by atoms with Crippen molar-refractivity contribution in [3.05, 3.63) is 89.9 Å². The van der Waals surface area contributed by atoms with Crippen molar-refractivity contribution < 1.29 is 4.79 Å². The molecule has 6 heteroatoms. The molecule has 4 rings (SSSR count). The van der Waals surface area contributed by atoms with Crippen molar-refractivity contribution in [1.82, 2.24) is 20.0 Å². The maximum Gasteiger partial charge on any atom is 0.279 e. The molecule has 4 aromatic rings. The van der Waals surface area contributed by atoms with Gasteiger partial charge in [0.15, 0.2) is 5.69 Å². The highest BCUT2D eigenvalue weighted by atomic mass is 16.2. The summed E-state index contributed by atoms with van der Waals surface area (Å²) in [5.74, 6) is 0.131. The minimum absolute atomic E-state index is 0.275. The zero-order valence-electron chi connectivity index (χ0n) is 15.6. The number of hydrogen-bond donors (Lipinski definition) is 1. The quantitative estimate of drug-likeness (QED) is 0.585. The Morgan fingerprint density at radius 2 is 1.64 bits per heavy atom. The molecule has 0 aliphatic rings. The van der Waals surface area contributed by atoms with Crippen molar-refractivity contribution in [1.29, 1.82) is 0 Å². The summed E-state index contributed by atoms with van der Waals surface area (Å²) in [6.45, 7) is 3.82. The fourth-order valence-electron chi connectivity index (χ4n) is 3.01. The molecule has 2 aromatic carbocycles. The van der Waals surface area contributed by atoms with Crippen molar-refractivity contribution in [2.24, 2.45) is 0 Å². The van der Waals surface area contributed by atoms with Crippen molar-refractivity contribution in [2.45, 2.75) is 13.8 Å². The van der Waals surface area contributed by atoms with E-state index < -0.39 is 0 Å². The van der Waals surface area contributed by atoms with Crippen LogP contribution in [0.25, 0.3) is 16.8 Å². The average Bonchev–Trinajstić information content (AvgIpc) is 3.11. The van der Waals surface area contributed by atoms with Crippen LogP contribution >= 0.6 is 0 Å². The van der Waals surface area contributed by atoms with E-state index in [4.69, 9.17) is 0 Å². The molecule has 0 spiro atoms. The smallest absolute Gasteiger partial charge is 0.279 e. The van der Waals surface area contributed by atoms with Gasteiger partial charge in [0.1, 0.15) is 5.82 Å². The Balaban J connectivity index is 1.54. The normalized spacial score (nSPS) is 10.6. The highest BCUT2D eigenvalue weighted by Crippen LogP contribution is 2.20. The van der Waals surface area contributed by atoms with Crippen LogP contribution in [-0.4, -0.2) is 25.9 Å². The number of amides is 1. The predicted molar refractivity (Wildman–Crippen MR) is 108 cm³/mol. The Morgan fingerprint density at radius 3 is 2.36 bits per heavy atom. The van der Waals surface area contributed by atoms with Crippen LogP contribution in [0, 0.1) is 13.8 Å². The van der Waals surface area contributed by atoms with Crippen LogP contribution in [0.15, 0.2) is 72.9 Å². The van der Waals surface area contributed by atoms with E-state index in [1.165, 1.54) is 0 Å². The number of aromatic nitrogens is 4. The van der Waals surface area contributed by atoms with Gasteiger partial charge in [0.2, 0.25) is 0 Å². The van der Waals surface area contributed by atoms with Crippen molar-refractivity contribution >= 4 is 11.7 Å². The molecule has 0 fully saturated rings. The number of nitrogens with zero attached hydrogens (tertiary/aromatic N) is 4. The summed E-state index contributed by atoms with van der Waals surface area (Å²) in [5.41, 5.74) is 4.97. The van der Waals surface area contributed by atoms with Crippen molar-refractivity contribution in [3.63, 3.8) is 0 Å². The second-order valence-corrected chi connectivity index (χ2v) is 6.47. The fraction of sp³-hybridized carbons (Fsp3) is 0.0909. The lowest BCUT2D eigenvalue weighted by Gasteiger charge is -2.07. The molecule has 0 saturated heterocycles. The van der Waals surface area contributed by atoms with E-state index in [0.717, 1.165) is 22.4 Å². The van der Waals surface area contributed by atoms with Gasteiger partial charge in [-0.25, -0.2) is 9.67 Å². The van der Waals surface area contributed by atoms with E-state index in [2.05, 4.69) is 20.6 Å². The number of carbonyl (C=O) groups is 1. The SMILES string of the molecule is Cc1ccccc1-n1nnc(C(=O)Nc2ccc(-c3ccccc3)cn2)c1C. The zero-order valence-corrected chi connectivity index (χ0v) is 15.6. The van der Waals surface area contributed by atoms with Crippen molar-refractivity contribution in [2.75, 3.05) is 5.32 Å². The van der Waals surface area contributed by atoms with E-state index in [1.807, 2.05) is 74.5 Å². The second-order valence-electron chi connectivity index (χ2n) is 6.47. The Hall–Kier alpha value is -3.80. The third-order valence-electron chi connectivity index (χ3n) is 4.57. The van der Waals surface area contributed by atoms with Gasteiger partial charge in [-0.3, -0.25) is 4.79 Å². The summed E-state index contributed by atoms with van der Waals surface area (Å²) in [6, 6.07) is 21.5. The van der Waals surface area contributed by atoms with E-state index >= 15 is 0 Å². The van der Waals surface area contributed by atoms with Crippen LogP contribution in [0.1, 0.15) is 21.7 Å². The molecule has 2 heterocycles. The van der Waals surface area contributed by atoms with Gasteiger partial charge in [-0.05, 0) is 43.2 Å². The molecule has 0 aliphatic heterocycles. The highest BCUT2D eigenvalue weighted by molar-refractivity contribution is 6.03. The molecule has 0 saturated carbocycles. The first-order valence-electron chi connectivity index (χ1n) is 8.94. The lowest BCUT2D eigenvalue weighted by molar-refractivity contribution is 0.102. The standard InChI is InChI=1S/C22H19N5O/c1-15-8-6-7-11-19(15)27-16(2)21(25-26-27)22(28)24-20-13-12-18(14-23-20)17-9-4-3-5-10-17/h3-14H,1-2H3,(H,23,24,28). The molecule has 138 valence electrons. The Labute approximate surface area is 162 Å². The van der Waals surface area contributed by atoms with E-state index in [1.54, 1.807) is 16.9 Å². The highest BCUT2D eigenvalue weighted by Gasteiger charge is 2.18. The largest absolute Gasteiger partial charge is 0.305 e. The first kappa shape index (κ1) is 17.6. The van der Waals surface area contributed by atoms with Crippen LogP contribution in [0.3, 0.4) is 0 Å². The lowest BCUT2D eigenvalue weighted by Crippen LogP contribution is -2.15. The number of anilines is 1. The molecule has 1 amide bonds. The first-order valence-corrected chi connectivity index (χ1v) is 8.94. The number of para-hydroxylation sites is 1. The number of carbonyl (C=O) groups excluding carboxylic acids is 1. The molecule has 28 heavy (non-hydrogen) atoms. The summed E-state index contributed by atoms with van der Waals surface area (Å²) in [7, 11) is 0. The molecule has 0 aliphatic carbocycles. The summed E-state index contributed by atoms with van der Waals surface area (Å²) in [5, 5.41) is 11.0. The van der Waals surface area contributed by atoms with Crippen LogP contribution in [0.5, 0.6) is 0 Å². The summed E-state index contributed by atoms with van der Waals surface area (Å²) >= 11 is 0. The number of rotatable bonds is 4. The molecular formula is C22H19N5O. The minimum atomic E-state index is -0.336.